The van der Waals surface area contributed by atoms with Crippen LogP contribution in [-0.2, 0) is 0 Å². The van der Waals surface area contributed by atoms with Crippen molar-refractivity contribution >= 4 is 0 Å². The molecular weight excluding hydrogens is 157 g/mol. The van der Waals surface area contributed by atoms with Crippen molar-refractivity contribution in [1.29, 1.82) is 0 Å². The van der Waals surface area contributed by atoms with E-state index in [-0.39, 0.29) is 0 Å². The number of alkyl halides is 3. The van der Waals surface area contributed by atoms with Crippen LogP contribution in [0.2, 0.25) is 0 Å². The minimum Gasteiger partial charge on any atom is -0.395 e. The number of halogens is 3. The molecule has 0 heterocycles. The lowest BCUT2D eigenvalue weighted by atomic mass is 9.79. The smallest absolute Gasteiger partial charge is 0.395 e. The molecule has 0 aromatic rings. The number of hydrogen-bond acceptors (Lipinski definition) is 1. The van der Waals surface area contributed by atoms with Gasteiger partial charge in [0.15, 0.2) is 0 Å². The van der Waals surface area contributed by atoms with Crippen LogP contribution in [0.25, 0.3) is 0 Å². The van der Waals surface area contributed by atoms with Crippen LogP contribution in [0.15, 0.2) is 0 Å². The Hall–Kier alpha value is -0.250. The highest BCUT2D eigenvalue weighted by Crippen LogP contribution is 2.43. The summed E-state index contributed by atoms with van der Waals surface area (Å²) in [7, 11) is 0. The van der Waals surface area contributed by atoms with Crippen molar-refractivity contribution in [2.24, 2.45) is 11.3 Å². The minimum absolute atomic E-state index is 0.604. The Morgan fingerprint density at radius 2 is 1.64 bits per heavy atom. The lowest BCUT2D eigenvalue weighted by Gasteiger charge is -2.33. The fourth-order valence-corrected chi connectivity index (χ4v) is 0.600. The maximum absolute atomic E-state index is 12.2. The van der Waals surface area contributed by atoms with Crippen LogP contribution >= 0.6 is 0 Å². The van der Waals surface area contributed by atoms with E-state index in [1.807, 2.05) is 0 Å². The Morgan fingerprint density at radius 3 is 1.64 bits per heavy atom. The maximum Gasteiger partial charge on any atom is 0.396 e. The first-order valence-corrected chi connectivity index (χ1v) is 3.43. The van der Waals surface area contributed by atoms with Gasteiger partial charge in [0.1, 0.15) is 0 Å². The summed E-state index contributed by atoms with van der Waals surface area (Å²) in [5.74, 6) is -0.604. The van der Waals surface area contributed by atoms with Gasteiger partial charge in [0.2, 0.25) is 0 Å². The number of hydrogen-bond donors (Lipinski definition) is 1. The number of rotatable bonds is 2. The van der Waals surface area contributed by atoms with Gasteiger partial charge in [-0.3, -0.25) is 0 Å². The Kier molecular flexibility index (Phi) is 2.94. The molecule has 0 radical (unpaired) electrons. The SMILES string of the molecule is CC(C)[C@](C)(CO)C(F)(F)F. The van der Waals surface area contributed by atoms with Crippen LogP contribution in [0.5, 0.6) is 0 Å². The predicted octanol–water partition coefficient (Wildman–Crippen LogP) is 2.20. The van der Waals surface area contributed by atoms with Crippen LogP contribution in [0.3, 0.4) is 0 Å². The van der Waals surface area contributed by atoms with Crippen molar-refractivity contribution in [1.82, 2.24) is 0 Å². The molecule has 0 aromatic heterocycles. The van der Waals surface area contributed by atoms with E-state index in [2.05, 4.69) is 0 Å². The summed E-state index contributed by atoms with van der Waals surface area (Å²) in [6.07, 6.45) is -4.32. The van der Waals surface area contributed by atoms with Crippen molar-refractivity contribution < 1.29 is 18.3 Å². The van der Waals surface area contributed by atoms with Crippen molar-refractivity contribution in [3.63, 3.8) is 0 Å². The first kappa shape index (κ1) is 10.8. The summed E-state index contributed by atoms with van der Waals surface area (Å²) < 4.78 is 36.6. The maximum atomic E-state index is 12.2. The Balaban J connectivity index is 4.61. The van der Waals surface area contributed by atoms with Gasteiger partial charge in [-0.05, 0) is 12.8 Å². The standard InChI is InChI=1S/C7H13F3O/c1-5(2)6(3,4-11)7(8,9)10/h5,11H,4H2,1-3H3/t6-/m0/s1. The predicted molar refractivity (Wildman–Crippen MR) is 36.1 cm³/mol. The van der Waals surface area contributed by atoms with Gasteiger partial charge in [0, 0.05) is 0 Å². The van der Waals surface area contributed by atoms with E-state index in [4.69, 9.17) is 5.11 Å². The van der Waals surface area contributed by atoms with E-state index in [0.29, 0.717) is 0 Å². The summed E-state index contributed by atoms with van der Waals surface area (Å²) >= 11 is 0. The highest BCUT2D eigenvalue weighted by atomic mass is 19.4. The second-order valence-electron chi connectivity index (χ2n) is 3.23. The molecular formula is C7H13F3O. The average Bonchev–Trinajstić information content (AvgIpc) is 1.83. The highest BCUT2D eigenvalue weighted by Gasteiger charge is 2.52. The summed E-state index contributed by atoms with van der Waals surface area (Å²) in [6, 6.07) is 0. The van der Waals surface area contributed by atoms with Crippen LogP contribution in [0, 0.1) is 11.3 Å². The number of aliphatic hydroxyl groups is 1. The molecule has 1 N–H and O–H groups in total. The van der Waals surface area contributed by atoms with Gasteiger partial charge in [-0.15, -0.1) is 0 Å². The Morgan fingerprint density at radius 1 is 1.27 bits per heavy atom. The third-order valence-corrected chi connectivity index (χ3v) is 2.25. The van der Waals surface area contributed by atoms with E-state index in [9.17, 15) is 13.2 Å². The zero-order valence-corrected chi connectivity index (χ0v) is 6.87. The van der Waals surface area contributed by atoms with Gasteiger partial charge < -0.3 is 5.11 Å². The summed E-state index contributed by atoms with van der Waals surface area (Å²) in [5, 5.41) is 8.57. The molecule has 0 saturated heterocycles. The van der Waals surface area contributed by atoms with Crippen molar-refractivity contribution in [3.05, 3.63) is 0 Å². The van der Waals surface area contributed by atoms with E-state index < -0.39 is 24.1 Å². The molecule has 0 aliphatic carbocycles. The minimum atomic E-state index is -4.32. The number of aliphatic hydroxyl groups excluding tert-OH is 1. The van der Waals surface area contributed by atoms with Crippen molar-refractivity contribution in [2.75, 3.05) is 6.61 Å². The fourth-order valence-electron chi connectivity index (χ4n) is 0.600. The molecule has 4 heteroatoms. The molecule has 1 nitrogen and oxygen atoms in total. The molecule has 11 heavy (non-hydrogen) atoms. The Labute approximate surface area is 64.2 Å². The van der Waals surface area contributed by atoms with Gasteiger partial charge in [0.25, 0.3) is 0 Å². The molecule has 0 aliphatic rings. The van der Waals surface area contributed by atoms with E-state index >= 15 is 0 Å². The largest absolute Gasteiger partial charge is 0.396 e. The fraction of sp³-hybridized carbons (Fsp3) is 1.00. The average molecular weight is 170 g/mol. The van der Waals surface area contributed by atoms with Crippen LogP contribution < -0.4 is 0 Å². The van der Waals surface area contributed by atoms with Gasteiger partial charge in [-0.1, -0.05) is 13.8 Å². The van der Waals surface area contributed by atoms with Gasteiger partial charge in [0.05, 0.1) is 12.0 Å². The zero-order valence-electron chi connectivity index (χ0n) is 6.87. The second kappa shape index (κ2) is 3.01. The van der Waals surface area contributed by atoms with Gasteiger partial charge >= 0.3 is 6.18 Å². The second-order valence-corrected chi connectivity index (χ2v) is 3.23. The molecule has 0 bridgehead atoms. The molecule has 0 rings (SSSR count). The quantitative estimate of drug-likeness (QED) is 0.673. The topological polar surface area (TPSA) is 20.2 Å². The van der Waals surface area contributed by atoms with Crippen LogP contribution in [0.4, 0.5) is 13.2 Å². The molecule has 0 aromatic carbocycles. The molecule has 0 amide bonds. The van der Waals surface area contributed by atoms with Crippen LogP contribution in [-0.4, -0.2) is 17.9 Å². The lowest BCUT2D eigenvalue weighted by molar-refractivity contribution is -0.243. The molecule has 0 saturated carbocycles. The first-order valence-electron chi connectivity index (χ1n) is 3.43. The van der Waals surface area contributed by atoms with E-state index in [0.717, 1.165) is 6.92 Å². The van der Waals surface area contributed by atoms with E-state index in [1.165, 1.54) is 13.8 Å². The molecule has 0 unspecified atom stereocenters. The van der Waals surface area contributed by atoms with Crippen molar-refractivity contribution in [3.8, 4) is 0 Å². The third kappa shape index (κ3) is 1.86. The monoisotopic (exact) mass is 170 g/mol. The summed E-state index contributed by atoms with van der Waals surface area (Å²) in [5.41, 5.74) is -1.97. The normalized spacial score (nSPS) is 18.5. The molecule has 1 atom stereocenters. The molecule has 0 aliphatic heterocycles. The molecule has 0 spiro atoms. The molecule has 0 fully saturated rings. The van der Waals surface area contributed by atoms with E-state index in [1.54, 1.807) is 0 Å². The Bertz CT molecular complexity index is 130. The summed E-state index contributed by atoms with van der Waals surface area (Å²) in [4.78, 5) is 0. The first-order chi connectivity index (χ1) is 4.75. The van der Waals surface area contributed by atoms with Gasteiger partial charge in [-0.25, -0.2) is 0 Å². The van der Waals surface area contributed by atoms with Crippen LogP contribution in [0.1, 0.15) is 20.8 Å². The summed E-state index contributed by atoms with van der Waals surface area (Å²) in [6.45, 7) is 3.07. The third-order valence-electron chi connectivity index (χ3n) is 2.25. The zero-order chi connectivity index (χ0) is 9.28. The highest BCUT2D eigenvalue weighted by molar-refractivity contribution is 4.84. The molecule has 68 valence electrons. The van der Waals surface area contributed by atoms with Crippen molar-refractivity contribution in [2.45, 2.75) is 26.9 Å². The van der Waals surface area contributed by atoms with Gasteiger partial charge in [-0.2, -0.15) is 13.2 Å². The lowest BCUT2D eigenvalue weighted by Crippen LogP contribution is -2.42.